The highest BCUT2D eigenvalue weighted by molar-refractivity contribution is 5.77. The van der Waals surface area contributed by atoms with Gasteiger partial charge in [0.05, 0.1) is 5.39 Å². The van der Waals surface area contributed by atoms with Crippen LogP contribution < -0.4 is 5.56 Å². The van der Waals surface area contributed by atoms with Crippen molar-refractivity contribution >= 4 is 16.9 Å². The Labute approximate surface area is 109 Å². The molecule has 1 aliphatic rings. The number of fused-ring (bicyclic) bond motifs is 1. The predicted octanol–water partition coefficient (Wildman–Crippen LogP) is 0.414. The first kappa shape index (κ1) is 11.8. The molecule has 2 aromatic rings. The van der Waals surface area contributed by atoms with Crippen LogP contribution in [0.4, 0.5) is 0 Å². The van der Waals surface area contributed by atoms with E-state index in [9.17, 15) is 9.59 Å². The SMILES string of the molecule is O=C(Cn1cnc2ncccc2c1=O)N1CCCC1. The Morgan fingerprint density at radius 3 is 2.84 bits per heavy atom. The highest BCUT2D eigenvalue weighted by Gasteiger charge is 2.18. The Balaban J connectivity index is 1.91. The maximum atomic E-state index is 12.2. The molecule has 0 unspecified atom stereocenters. The van der Waals surface area contributed by atoms with Crippen LogP contribution in [0.5, 0.6) is 0 Å². The van der Waals surface area contributed by atoms with Gasteiger partial charge in [-0.15, -0.1) is 0 Å². The van der Waals surface area contributed by atoms with Gasteiger partial charge in [-0.05, 0) is 25.0 Å². The molecular formula is C13H14N4O2. The minimum Gasteiger partial charge on any atom is -0.341 e. The van der Waals surface area contributed by atoms with Gasteiger partial charge in [-0.1, -0.05) is 0 Å². The molecule has 1 aliphatic heterocycles. The summed E-state index contributed by atoms with van der Waals surface area (Å²) >= 11 is 0. The van der Waals surface area contributed by atoms with Gasteiger partial charge in [0.2, 0.25) is 5.91 Å². The topological polar surface area (TPSA) is 68.1 Å². The van der Waals surface area contributed by atoms with Gasteiger partial charge in [0, 0.05) is 19.3 Å². The highest BCUT2D eigenvalue weighted by Crippen LogP contribution is 2.08. The lowest BCUT2D eigenvalue weighted by atomic mass is 10.3. The average molecular weight is 258 g/mol. The van der Waals surface area contributed by atoms with E-state index in [1.54, 1.807) is 23.2 Å². The smallest absolute Gasteiger partial charge is 0.263 e. The number of carbonyl (C=O) groups is 1. The van der Waals surface area contributed by atoms with E-state index in [-0.39, 0.29) is 18.0 Å². The maximum absolute atomic E-state index is 12.2. The second-order valence-electron chi connectivity index (χ2n) is 4.64. The van der Waals surface area contributed by atoms with E-state index >= 15 is 0 Å². The van der Waals surface area contributed by atoms with Crippen molar-refractivity contribution in [2.24, 2.45) is 0 Å². The Bertz CT molecular complexity index is 674. The highest BCUT2D eigenvalue weighted by atomic mass is 16.2. The van der Waals surface area contributed by atoms with Gasteiger partial charge in [-0.3, -0.25) is 14.2 Å². The summed E-state index contributed by atoms with van der Waals surface area (Å²) in [6.45, 7) is 1.63. The van der Waals surface area contributed by atoms with Crippen molar-refractivity contribution < 1.29 is 4.79 Å². The summed E-state index contributed by atoms with van der Waals surface area (Å²) in [6, 6.07) is 3.37. The Morgan fingerprint density at radius 2 is 2.05 bits per heavy atom. The second-order valence-corrected chi connectivity index (χ2v) is 4.64. The summed E-state index contributed by atoms with van der Waals surface area (Å²) in [7, 11) is 0. The van der Waals surface area contributed by atoms with Crippen LogP contribution in [-0.4, -0.2) is 38.4 Å². The molecule has 1 fully saturated rings. The molecule has 0 atom stereocenters. The minimum absolute atomic E-state index is 0.0235. The van der Waals surface area contributed by atoms with Gasteiger partial charge in [0.1, 0.15) is 12.9 Å². The van der Waals surface area contributed by atoms with Crippen LogP contribution in [-0.2, 0) is 11.3 Å². The van der Waals surface area contributed by atoms with Gasteiger partial charge in [-0.25, -0.2) is 9.97 Å². The van der Waals surface area contributed by atoms with Crippen LogP contribution in [0, 0.1) is 0 Å². The fourth-order valence-corrected chi connectivity index (χ4v) is 2.32. The first-order chi connectivity index (χ1) is 9.25. The quantitative estimate of drug-likeness (QED) is 0.782. The van der Waals surface area contributed by atoms with Crippen molar-refractivity contribution in [3.05, 3.63) is 35.0 Å². The average Bonchev–Trinajstić information content (AvgIpc) is 2.96. The number of carbonyl (C=O) groups excluding carboxylic acids is 1. The monoisotopic (exact) mass is 258 g/mol. The van der Waals surface area contributed by atoms with Crippen LogP contribution in [0.25, 0.3) is 11.0 Å². The molecule has 1 amide bonds. The van der Waals surface area contributed by atoms with Gasteiger partial charge in [-0.2, -0.15) is 0 Å². The van der Waals surface area contributed by atoms with E-state index in [2.05, 4.69) is 9.97 Å². The second kappa shape index (κ2) is 4.79. The van der Waals surface area contributed by atoms with E-state index in [4.69, 9.17) is 0 Å². The van der Waals surface area contributed by atoms with Crippen LogP contribution in [0.2, 0.25) is 0 Å². The van der Waals surface area contributed by atoms with Crippen LogP contribution in [0.15, 0.2) is 29.5 Å². The number of aromatic nitrogens is 3. The summed E-state index contributed by atoms with van der Waals surface area (Å²) in [4.78, 5) is 34.1. The van der Waals surface area contributed by atoms with Crippen molar-refractivity contribution in [2.45, 2.75) is 19.4 Å². The molecule has 0 aromatic carbocycles. The Kier molecular flexibility index (Phi) is 2.98. The lowest BCUT2D eigenvalue weighted by Crippen LogP contribution is -2.34. The lowest BCUT2D eigenvalue weighted by Gasteiger charge is -2.15. The summed E-state index contributed by atoms with van der Waals surface area (Å²) in [6.07, 6.45) is 5.07. The Morgan fingerprint density at radius 1 is 1.26 bits per heavy atom. The number of pyridine rings is 1. The number of nitrogens with zero attached hydrogens (tertiary/aromatic N) is 4. The molecule has 19 heavy (non-hydrogen) atoms. The third-order valence-electron chi connectivity index (χ3n) is 3.36. The molecular weight excluding hydrogens is 244 g/mol. The molecule has 0 saturated carbocycles. The van der Waals surface area contributed by atoms with Gasteiger partial charge < -0.3 is 4.90 Å². The number of hydrogen-bond acceptors (Lipinski definition) is 4. The van der Waals surface area contributed by atoms with E-state index in [0.717, 1.165) is 25.9 Å². The molecule has 3 rings (SSSR count). The van der Waals surface area contributed by atoms with E-state index < -0.39 is 0 Å². The first-order valence-electron chi connectivity index (χ1n) is 6.33. The fourth-order valence-electron chi connectivity index (χ4n) is 2.32. The zero-order valence-electron chi connectivity index (χ0n) is 10.5. The summed E-state index contributed by atoms with van der Waals surface area (Å²) in [5, 5.41) is 0.444. The number of likely N-dealkylation sites (tertiary alicyclic amines) is 1. The normalized spacial score (nSPS) is 15.1. The third-order valence-corrected chi connectivity index (χ3v) is 3.36. The minimum atomic E-state index is -0.217. The van der Waals surface area contributed by atoms with Gasteiger partial charge in [0.25, 0.3) is 5.56 Å². The summed E-state index contributed by atoms with van der Waals surface area (Å²) in [5.74, 6) is -0.0235. The van der Waals surface area contributed by atoms with Crippen LogP contribution in [0.1, 0.15) is 12.8 Å². The number of amides is 1. The van der Waals surface area contributed by atoms with Crippen LogP contribution in [0.3, 0.4) is 0 Å². The van der Waals surface area contributed by atoms with Crippen LogP contribution >= 0.6 is 0 Å². The largest absolute Gasteiger partial charge is 0.341 e. The van der Waals surface area contributed by atoms with Crippen molar-refractivity contribution in [1.29, 1.82) is 0 Å². The zero-order chi connectivity index (χ0) is 13.2. The Hall–Kier alpha value is -2.24. The van der Waals surface area contributed by atoms with E-state index in [1.165, 1.54) is 10.9 Å². The molecule has 0 N–H and O–H groups in total. The predicted molar refractivity (Wildman–Crippen MR) is 69.6 cm³/mol. The molecule has 6 heteroatoms. The van der Waals surface area contributed by atoms with Crippen molar-refractivity contribution in [3.63, 3.8) is 0 Å². The standard InChI is InChI=1S/C13H14N4O2/c18-11(16-6-1-2-7-16)8-17-9-15-12-10(13(17)19)4-3-5-14-12/h3-5,9H,1-2,6-8H2. The fraction of sp³-hybridized carbons (Fsp3) is 0.385. The van der Waals surface area contributed by atoms with Crippen molar-refractivity contribution in [3.8, 4) is 0 Å². The molecule has 0 radical (unpaired) electrons. The van der Waals surface area contributed by atoms with Gasteiger partial charge >= 0.3 is 0 Å². The molecule has 98 valence electrons. The number of rotatable bonds is 2. The molecule has 1 saturated heterocycles. The maximum Gasteiger partial charge on any atom is 0.263 e. The van der Waals surface area contributed by atoms with Crippen molar-refractivity contribution in [1.82, 2.24) is 19.4 Å². The van der Waals surface area contributed by atoms with Crippen molar-refractivity contribution in [2.75, 3.05) is 13.1 Å². The third kappa shape index (κ3) is 2.21. The lowest BCUT2D eigenvalue weighted by molar-refractivity contribution is -0.130. The zero-order valence-corrected chi connectivity index (χ0v) is 10.5. The molecule has 3 heterocycles. The molecule has 6 nitrogen and oxygen atoms in total. The molecule has 2 aromatic heterocycles. The molecule has 0 aliphatic carbocycles. The number of hydrogen-bond donors (Lipinski definition) is 0. The molecule has 0 spiro atoms. The van der Waals surface area contributed by atoms with E-state index in [1.807, 2.05) is 0 Å². The summed E-state index contributed by atoms with van der Waals surface area (Å²) in [5.41, 5.74) is 0.197. The molecule has 0 bridgehead atoms. The van der Waals surface area contributed by atoms with E-state index in [0.29, 0.717) is 11.0 Å². The summed E-state index contributed by atoms with van der Waals surface area (Å²) < 4.78 is 1.35. The van der Waals surface area contributed by atoms with Gasteiger partial charge in [0.15, 0.2) is 5.65 Å². The first-order valence-corrected chi connectivity index (χ1v) is 6.33.